The van der Waals surface area contributed by atoms with Crippen molar-refractivity contribution in [2.75, 3.05) is 0 Å². The second-order valence-corrected chi connectivity index (χ2v) is 4.74. The second-order valence-electron chi connectivity index (χ2n) is 3.88. The monoisotopic (exact) mass is 317 g/mol. The number of hydrazone groups is 1. The van der Waals surface area contributed by atoms with Crippen LogP contribution < -0.4 is 5.43 Å². The zero-order valence-corrected chi connectivity index (χ0v) is 11.9. The van der Waals surface area contributed by atoms with Gasteiger partial charge in [0.05, 0.1) is 17.5 Å². The van der Waals surface area contributed by atoms with Crippen LogP contribution in [0.5, 0.6) is 0 Å². The maximum atomic E-state index is 11.8. The van der Waals surface area contributed by atoms with Crippen molar-refractivity contribution in [3.8, 4) is 0 Å². The van der Waals surface area contributed by atoms with Crippen molar-refractivity contribution in [2.45, 2.75) is 6.92 Å². The first-order valence-corrected chi connectivity index (χ1v) is 6.48. The lowest BCUT2D eigenvalue weighted by Crippen LogP contribution is -2.18. The van der Waals surface area contributed by atoms with Crippen LogP contribution in [0.15, 0.2) is 52.0 Å². The molecule has 1 heterocycles. The minimum absolute atomic E-state index is 0.267. The van der Waals surface area contributed by atoms with Crippen molar-refractivity contribution in [2.24, 2.45) is 5.10 Å². The smallest absolute Gasteiger partial charge is 0.267 e. The van der Waals surface area contributed by atoms with Crippen molar-refractivity contribution in [3.63, 3.8) is 0 Å². The van der Waals surface area contributed by atoms with E-state index in [-0.39, 0.29) is 5.91 Å². The van der Waals surface area contributed by atoms with Gasteiger partial charge in [-0.1, -0.05) is 18.2 Å². The summed E-state index contributed by atoms with van der Waals surface area (Å²) in [5.74, 6) is -0.267. The van der Waals surface area contributed by atoms with Gasteiger partial charge in [-0.05, 0) is 47.1 Å². The quantitative estimate of drug-likeness (QED) is 0.699. The topological polar surface area (TPSA) is 54.4 Å². The second kappa shape index (κ2) is 6.24. The van der Waals surface area contributed by atoms with Gasteiger partial charge in [-0.3, -0.25) is 9.78 Å². The maximum Gasteiger partial charge on any atom is 0.272 e. The number of carbonyl (C=O) groups is 1. The number of nitrogens with zero attached hydrogens (tertiary/aromatic N) is 2. The molecule has 1 amide bonds. The number of nitrogens with one attached hydrogen (secondary N) is 1. The Morgan fingerprint density at radius 2 is 2.05 bits per heavy atom. The summed E-state index contributed by atoms with van der Waals surface area (Å²) >= 11 is 3.32. The van der Waals surface area contributed by atoms with Gasteiger partial charge in [0.1, 0.15) is 0 Å². The Morgan fingerprint density at radius 3 is 2.79 bits per heavy atom. The van der Waals surface area contributed by atoms with E-state index in [4.69, 9.17) is 0 Å². The van der Waals surface area contributed by atoms with Crippen LogP contribution in [0.2, 0.25) is 0 Å². The van der Waals surface area contributed by atoms with E-state index >= 15 is 0 Å². The number of carbonyl (C=O) groups excluding carboxylic acids is 1. The van der Waals surface area contributed by atoms with Crippen molar-refractivity contribution >= 4 is 28.1 Å². The average Bonchev–Trinajstić information content (AvgIpc) is 2.39. The molecular formula is C14H12BrN3O. The summed E-state index contributed by atoms with van der Waals surface area (Å²) < 4.78 is 0.733. The molecule has 0 saturated heterocycles. The lowest BCUT2D eigenvalue weighted by atomic mass is 10.2. The zero-order chi connectivity index (χ0) is 13.7. The summed E-state index contributed by atoms with van der Waals surface area (Å²) in [4.78, 5) is 16.1. The summed E-state index contributed by atoms with van der Waals surface area (Å²) in [6.07, 6.45) is 1.52. The van der Waals surface area contributed by atoms with E-state index in [2.05, 4.69) is 31.4 Å². The van der Waals surface area contributed by atoms with Gasteiger partial charge in [0, 0.05) is 10.2 Å². The first kappa shape index (κ1) is 13.4. The third-order valence-electron chi connectivity index (χ3n) is 2.39. The predicted molar refractivity (Wildman–Crippen MR) is 78.2 cm³/mol. The fraction of sp³-hybridized carbons (Fsp3) is 0.0714. The highest BCUT2D eigenvalue weighted by Gasteiger charge is 2.07. The number of aromatic nitrogens is 1. The lowest BCUT2D eigenvalue weighted by Gasteiger charge is -2.01. The number of pyridine rings is 1. The third-order valence-corrected chi connectivity index (χ3v) is 3.08. The summed E-state index contributed by atoms with van der Waals surface area (Å²) in [5, 5.41) is 3.89. The standard InChI is InChI=1S/C14H12BrN3O/c1-10-5-4-6-11(17-10)9-16-18-14(19)12-7-2-3-8-13(12)15/h2-9H,1H3,(H,18,19)/b16-9+. The molecule has 0 unspecified atom stereocenters. The van der Waals surface area contributed by atoms with Gasteiger partial charge in [-0.25, -0.2) is 5.43 Å². The van der Waals surface area contributed by atoms with E-state index in [0.717, 1.165) is 10.2 Å². The van der Waals surface area contributed by atoms with Crippen LogP contribution in [0.1, 0.15) is 21.7 Å². The molecule has 0 bridgehead atoms. The molecule has 0 aliphatic carbocycles. The first-order valence-electron chi connectivity index (χ1n) is 5.68. The highest BCUT2D eigenvalue weighted by Crippen LogP contribution is 2.15. The average molecular weight is 318 g/mol. The fourth-order valence-corrected chi connectivity index (χ4v) is 1.96. The van der Waals surface area contributed by atoms with Gasteiger partial charge >= 0.3 is 0 Å². The van der Waals surface area contributed by atoms with Gasteiger partial charge in [0.2, 0.25) is 0 Å². The molecule has 1 aromatic heterocycles. The number of hydrogen-bond acceptors (Lipinski definition) is 3. The van der Waals surface area contributed by atoms with E-state index in [0.29, 0.717) is 11.3 Å². The molecule has 5 heteroatoms. The predicted octanol–water partition coefficient (Wildman–Crippen LogP) is 2.92. The Kier molecular flexibility index (Phi) is 4.41. The molecule has 0 fully saturated rings. The van der Waals surface area contributed by atoms with Gasteiger partial charge < -0.3 is 0 Å². The molecule has 19 heavy (non-hydrogen) atoms. The molecule has 0 saturated carbocycles. The Labute approximate surface area is 119 Å². The Morgan fingerprint density at radius 1 is 1.26 bits per heavy atom. The summed E-state index contributed by atoms with van der Waals surface area (Å²) in [7, 11) is 0. The number of amides is 1. The van der Waals surface area contributed by atoms with Crippen LogP contribution in [0, 0.1) is 6.92 Å². The number of hydrogen-bond donors (Lipinski definition) is 1. The Balaban J connectivity index is 2.03. The summed E-state index contributed by atoms with van der Waals surface area (Å²) in [6, 6.07) is 12.8. The molecule has 4 nitrogen and oxygen atoms in total. The fourth-order valence-electron chi connectivity index (χ4n) is 1.50. The van der Waals surface area contributed by atoms with E-state index in [1.54, 1.807) is 18.2 Å². The molecule has 1 aromatic carbocycles. The SMILES string of the molecule is Cc1cccc(/C=N/NC(=O)c2ccccc2Br)n1. The molecular weight excluding hydrogens is 306 g/mol. The Bertz CT molecular complexity index is 626. The highest BCUT2D eigenvalue weighted by molar-refractivity contribution is 9.10. The molecule has 96 valence electrons. The molecule has 1 N–H and O–H groups in total. The van der Waals surface area contributed by atoms with Gasteiger partial charge in [0.15, 0.2) is 0 Å². The van der Waals surface area contributed by atoms with Crippen molar-refractivity contribution in [3.05, 3.63) is 63.9 Å². The van der Waals surface area contributed by atoms with Crippen LogP contribution in [-0.2, 0) is 0 Å². The number of rotatable bonds is 3. The van der Waals surface area contributed by atoms with Crippen LogP contribution in [0.4, 0.5) is 0 Å². The molecule has 0 radical (unpaired) electrons. The number of aryl methyl sites for hydroxylation is 1. The molecule has 0 atom stereocenters. The molecule has 2 aromatic rings. The highest BCUT2D eigenvalue weighted by atomic mass is 79.9. The summed E-state index contributed by atoms with van der Waals surface area (Å²) in [5.41, 5.74) is 4.61. The zero-order valence-electron chi connectivity index (χ0n) is 10.3. The minimum Gasteiger partial charge on any atom is -0.267 e. The van der Waals surface area contributed by atoms with Gasteiger partial charge in [-0.15, -0.1) is 0 Å². The minimum atomic E-state index is -0.267. The van der Waals surface area contributed by atoms with Crippen LogP contribution >= 0.6 is 15.9 Å². The van der Waals surface area contributed by atoms with E-state index in [1.807, 2.05) is 31.2 Å². The molecule has 0 spiro atoms. The van der Waals surface area contributed by atoms with Crippen LogP contribution in [0.3, 0.4) is 0 Å². The lowest BCUT2D eigenvalue weighted by molar-refractivity contribution is 0.0954. The van der Waals surface area contributed by atoms with E-state index < -0.39 is 0 Å². The molecule has 2 rings (SSSR count). The van der Waals surface area contributed by atoms with Crippen molar-refractivity contribution < 1.29 is 4.79 Å². The normalized spacial score (nSPS) is 10.6. The van der Waals surface area contributed by atoms with Crippen LogP contribution in [-0.4, -0.2) is 17.1 Å². The number of benzene rings is 1. The Hall–Kier alpha value is -2.01. The largest absolute Gasteiger partial charge is 0.272 e. The summed E-state index contributed by atoms with van der Waals surface area (Å²) in [6.45, 7) is 1.90. The van der Waals surface area contributed by atoms with E-state index in [9.17, 15) is 4.79 Å². The van der Waals surface area contributed by atoms with Gasteiger partial charge in [-0.2, -0.15) is 5.10 Å². The first-order chi connectivity index (χ1) is 9.16. The van der Waals surface area contributed by atoms with Gasteiger partial charge in [0.25, 0.3) is 5.91 Å². The van der Waals surface area contributed by atoms with E-state index in [1.165, 1.54) is 6.21 Å². The third kappa shape index (κ3) is 3.72. The molecule has 0 aliphatic heterocycles. The molecule has 0 aliphatic rings. The van der Waals surface area contributed by atoms with Crippen molar-refractivity contribution in [1.29, 1.82) is 0 Å². The van der Waals surface area contributed by atoms with Crippen LogP contribution in [0.25, 0.3) is 0 Å². The van der Waals surface area contributed by atoms with Crippen molar-refractivity contribution in [1.82, 2.24) is 10.4 Å². The number of halogens is 1. The maximum absolute atomic E-state index is 11.8.